The summed E-state index contributed by atoms with van der Waals surface area (Å²) in [5.74, 6) is -0.720. The monoisotopic (exact) mass is 453 g/mol. The number of rotatable bonds is 7. The second-order valence-electron chi connectivity index (χ2n) is 8.72. The number of carbonyl (C=O) groups is 1. The average Bonchev–Trinajstić information content (AvgIpc) is 3.19. The molecule has 2 aliphatic rings. The highest BCUT2D eigenvalue weighted by molar-refractivity contribution is 6.00. The molecule has 5 rings (SSSR count). The van der Waals surface area contributed by atoms with Crippen molar-refractivity contribution in [3.05, 3.63) is 64.9 Å². The fourth-order valence-electron chi connectivity index (χ4n) is 4.77. The van der Waals surface area contributed by atoms with Gasteiger partial charge in [0.05, 0.1) is 24.4 Å². The number of aromatic nitrogens is 2. The molecule has 2 aromatic heterocycles. The van der Waals surface area contributed by atoms with E-state index in [0.29, 0.717) is 25.3 Å². The lowest BCUT2D eigenvalue weighted by Gasteiger charge is -2.23. The number of aryl methyl sites for hydroxylation is 1. The predicted octanol–water partition coefficient (Wildman–Crippen LogP) is 3.74. The molecule has 4 heterocycles. The molecule has 0 aliphatic carbocycles. The molecule has 0 spiro atoms. The minimum atomic E-state index is -0.460. The predicted molar refractivity (Wildman–Crippen MR) is 120 cm³/mol. The standard InChI is InChI=1S/C25H28FN3O4/c26-19-5-3-17(4-6-19)15-28-16-18(2-1-11-33-20-8-12-32-13-9-20)23-21-7-10-29(31)25(30)24(21)27-14-22(23)28/h3-6,14,16,20,31H,1-2,7-13,15H2. The van der Waals surface area contributed by atoms with E-state index >= 15 is 0 Å². The number of hydrogen-bond donors (Lipinski definition) is 1. The Morgan fingerprint density at radius 2 is 2.00 bits per heavy atom. The fraction of sp³-hybridized carbons (Fsp3) is 0.440. The minimum Gasteiger partial charge on any atom is -0.381 e. The number of pyridine rings is 1. The van der Waals surface area contributed by atoms with Crippen molar-refractivity contribution in [1.29, 1.82) is 0 Å². The van der Waals surface area contributed by atoms with E-state index in [1.54, 1.807) is 18.3 Å². The molecule has 1 aromatic carbocycles. The van der Waals surface area contributed by atoms with E-state index in [1.165, 1.54) is 12.1 Å². The van der Waals surface area contributed by atoms with Crippen molar-refractivity contribution in [3.63, 3.8) is 0 Å². The molecule has 2 aliphatic heterocycles. The molecule has 0 unspecified atom stereocenters. The van der Waals surface area contributed by atoms with E-state index in [2.05, 4.69) is 15.7 Å². The average molecular weight is 454 g/mol. The number of amides is 1. The Balaban J connectivity index is 1.42. The molecule has 1 amide bonds. The van der Waals surface area contributed by atoms with Crippen molar-refractivity contribution in [2.24, 2.45) is 0 Å². The van der Waals surface area contributed by atoms with Crippen molar-refractivity contribution in [1.82, 2.24) is 14.6 Å². The highest BCUT2D eigenvalue weighted by Gasteiger charge is 2.28. The van der Waals surface area contributed by atoms with Crippen LogP contribution in [0.4, 0.5) is 4.39 Å². The summed E-state index contributed by atoms with van der Waals surface area (Å²) in [6, 6.07) is 6.48. The maximum Gasteiger partial charge on any atom is 0.296 e. The summed E-state index contributed by atoms with van der Waals surface area (Å²) < 4.78 is 26.9. The van der Waals surface area contributed by atoms with Gasteiger partial charge in [-0.05, 0) is 60.9 Å². The highest BCUT2D eigenvalue weighted by atomic mass is 19.1. The Kier molecular flexibility index (Phi) is 6.39. The van der Waals surface area contributed by atoms with Crippen LogP contribution in [-0.4, -0.2) is 58.2 Å². The number of fused-ring (bicyclic) bond motifs is 3. The Hall–Kier alpha value is -2.81. The Morgan fingerprint density at radius 3 is 2.79 bits per heavy atom. The van der Waals surface area contributed by atoms with Gasteiger partial charge in [0.1, 0.15) is 11.5 Å². The van der Waals surface area contributed by atoms with Crippen molar-refractivity contribution in [2.75, 3.05) is 26.4 Å². The lowest BCUT2D eigenvalue weighted by Crippen LogP contribution is -2.35. The van der Waals surface area contributed by atoms with Crippen molar-refractivity contribution in [3.8, 4) is 0 Å². The maximum absolute atomic E-state index is 13.4. The van der Waals surface area contributed by atoms with Crippen LogP contribution in [0.15, 0.2) is 36.7 Å². The van der Waals surface area contributed by atoms with Crippen LogP contribution in [-0.2, 0) is 28.9 Å². The summed E-state index contributed by atoms with van der Waals surface area (Å²) in [7, 11) is 0. The molecule has 8 heteroatoms. The zero-order valence-electron chi connectivity index (χ0n) is 18.5. The molecule has 33 heavy (non-hydrogen) atoms. The van der Waals surface area contributed by atoms with Crippen LogP contribution in [0, 0.1) is 5.82 Å². The first-order chi connectivity index (χ1) is 16.1. The van der Waals surface area contributed by atoms with Crippen LogP contribution in [0.5, 0.6) is 0 Å². The van der Waals surface area contributed by atoms with E-state index in [1.807, 2.05) is 0 Å². The van der Waals surface area contributed by atoms with Crippen LogP contribution in [0.25, 0.3) is 10.9 Å². The minimum absolute atomic E-state index is 0.252. The van der Waals surface area contributed by atoms with E-state index in [9.17, 15) is 14.4 Å². The van der Waals surface area contributed by atoms with Crippen molar-refractivity contribution in [2.45, 2.75) is 44.8 Å². The van der Waals surface area contributed by atoms with Crippen LogP contribution in [0.1, 0.15) is 46.4 Å². The summed E-state index contributed by atoms with van der Waals surface area (Å²) in [4.78, 5) is 16.9. The van der Waals surface area contributed by atoms with Crippen LogP contribution >= 0.6 is 0 Å². The van der Waals surface area contributed by atoms with Gasteiger partial charge >= 0.3 is 0 Å². The first kappa shape index (κ1) is 22.0. The zero-order chi connectivity index (χ0) is 22.8. The van der Waals surface area contributed by atoms with E-state index in [0.717, 1.165) is 71.6 Å². The van der Waals surface area contributed by atoms with Crippen molar-refractivity contribution < 1.29 is 23.9 Å². The molecule has 0 radical (unpaired) electrons. The summed E-state index contributed by atoms with van der Waals surface area (Å²) in [5.41, 5.74) is 4.27. The third-order valence-electron chi connectivity index (χ3n) is 6.49. The first-order valence-electron chi connectivity index (χ1n) is 11.5. The molecular weight excluding hydrogens is 425 g/mol. The molecule has 1 saturated heterocycles. The van der Waals surface area contributed by atoms with Gasteiger partial charge in [-0.15, -0.1) is 0 Å². The fourth-order valence-corrected chi connectivity index (χ4v) is 4.77. The van der Waals surface area contributed by atoms with Gasteiger partial charge in [0, 0.05) is 37.9 Å². The number of benzene rings is 1. The number of hydroxylamine groups is 2. The number of halogens is 1. The highest BCUT2D eigenvalue weighted by Crippen LogP contribution is 2.31. The molecular formula is C25H28FN3O4. The first-order valence-corrected chi connectivity index (χ1v) is 11.5. The normalized spacial score (nSPS) is 17.0. The van der Waals surface area contributed by atoms with E-state index < -0.39 is 5.91 Å². The smallest absolute Gasteiger partial charge is 0.296 e. The number of ether oxygens (including phenoxy) is 2. The largest absolute Gasteiger partial charge is 0.381 e. The molecule has 3 aromatic rings. The molecule has 7 nitrogen and oxygen atoms in total. The summed E-state index contributed by atoms with van der Waals surface area (Å²) in [6.07, 6.45) is 8.19. The Morgan fingerprint density at radius 1 is 1.21 bits per heavy atom. The zero-order valence-corrected chi connectivity index (χ0v) is 18.5. The second kappa shape index (κ2) is 9.59. The van der Waals surface area contributed by atoms with Gasteiger partial charge in [-0.25, -0.2) is 14.4 Å². The van der Waals surface area contributed by atoms with Gasteiger partial charge in [0.2, 0.25) is 0 Å². The van der Waals surface area contributed by atoms with Gasteiger partial charge in [-0.2, -0.15) is 0 Å². The van der Waals surface area contributed by atoms with E-state index in [-0.39, 0.29) is 18.5 Å². The summed E-state index contributed by atoms with van der Waals surface area (Å²) in [5, 5.41) is 11.6. The number of carbonyl (C=O) groups excluding carboxylic acids is 1. The van der Waals surface area contributed by atoms with Crippen molar-refractivity contribution >= 4 is 16.8 Å². The third kappa shape index (κ3) is 4.64. The topological polar surface area (TPSA) is 76.8 Å². The lowest BCUT2D eigenvalue weighted by molar-refractivity contribution is -0.0606. The van der Waals surface area contributed by atoms with E-state index in [4.69, 9.17) is 9.47 Å². The van der Waals surface area contributed by atoms with Crippen LogP contribution in [0.3, 0.4) is 0 Å². The molecule has 1 fully saturated rings. The van der Waals surface area contributed by atoms with Gasteiger partial charge < -0.3 is 14.0 Å². The quantitative estimate of drug-likeness (QED) is 0.436. The summed E-state index contributed by atoms with van der Waals surface area (Å²) in [6.45, 7) is 3.02. The third-order valence-corrected chi connectivity index (χ3v) is 6.49. The lowest BCUT2D eigenvalue weighted by atomic mass is 9.97. The second-order valence-corrected chi connectivity index (χ2v) is 8.72. The molecule has 174 valence electrons. The number of nitrogens with zero attached hydrogens (tertiary/aromatic N) is 3. The van der Waals surface area contributed by atoms with Crippen LogP contribution in [0.2, 0.25) is 0 Å². The number of hydrogen-bond acceptors (Lipinski definition) is 5. The maximum atomic E-state index is 13.4. The molecule has 0 saturated carbocycles. The molecule has 0 atom stereocenters. The van der Waals surface area contributed by atoms with Crippen LogP contribution < -0.4 is 0 Å². The van der Waals surface area contributed by atoms with Gasteiger partial charge in [-0.3, -0.25) is 10.0 Å². The Bertz CT molecular complexity index is 1140. The molecule has 0 bridgehead atoms. The van der Waals surface area contributed by atoms with Gasteiger partial charge in [0.25, 0.3) is 5.91 Å². The summed E-state index contributed by atoms with van der Waals surface area (Å²) >= 11 is 0. The Labute approximate surface area is 191 Å². The van der Waals surface area contributed by atoms with Gasteiger partial charge in [-0.1, -0.05) is 12.1 Å². The SMILES string of the molecule is O=C1c2ncc3c(c(CCCOC4CCOCC4)cn3Cc3ccc(F)cc3)c2CCN1O. The molecule has 1 N–H and O–H groups in total. The van der Waals surface area contributed by atoms with Gasteiger partial charge in [0.15, 0.2) is 0 Å².